The topological polar surface area (TPSA) is 81.9 Å². The second-order valence-electron chi connectivity index (χ2n) is 8.17. The monoisotopic (exact) mass is 554 g/mol. The number of anilines is 1. The molecular formula is C26H23BrN2O5S. The van der Waals surface area contributed by atoms with Crippen molar-refractivity contribution in [3.05, 3.63) is 79.6 Å². The molecule has 1 aliphatic heterocycles. The summed E-state index contributed by atoms with van der Waals surface area (Å²) in [7, 11) is 1.57. The van der Waals surface area contributed by atoms with Crippen LogP contribution in [0.15, 0.2) is 61.7 Å². The molecule has 1 aliphatic rings. The minimum absolute atomic E-state index is 0.0314. The lowest BCUT2D eigenvalue weighted by atomic mass is 9.98. The molecule has 5 rings (SSSR count). The third-order valence-corrected chi connectivity index (χ3v) is 7.23. The third kappa shape index (κ3) is 4.23. The Kier molecular flexibility index (Phi) is 6.62. The normalized spacial score (nSPS) is 15.0. The SMILES string of the molecule is CCCCCOc1ccc(C2c3c(oc4ccc(Br)cc4c3=O)C(=O)N2c2nccs2)cc1OC. The van der Waals surface area contributed by atoms with E-state index in [1.165, 1.54) is 16.2 Å². The first-order valence-electron chi connectivity index (χ1n) is 11.3. The number of fused-ring (bicyclic) bond motifs is 2. The molecule has 0 fully saturated rings. The van der Waals surface area contributed by atoms with Crippen LogP contribution in [0.25, 0.3) is 11.0 Å². The Bertz CT molecular complexity index is 1450. The fourth-order valence-electron chi connectivity index (χ4n) is 4.30. The van der Waals surface area contributed by atoms with Crippen molar-refractivity contribution in [1.29, 1.82) is 0 Å². The Balaban J connectivity index is 1.65. The highest BCUT2D eigenvalue weighted by Crippen LogP contribution is 2.43. The van der Waals surface area contributed by atoms with E-state index in [9.17, 15) is 9.59 Å². The van der Waals surface area contributed by atoms with Crippen LogP contribution in [0.2, 0.25) is 0 Å². The van der Waals surface area contributed by atoms with Crippen molar-refractivity contribution in [1.82, 2.24) is 4.98 Å². The van der Waals surface area contributed by atoms with Crippen molar-refractivity contribution in [2.24, 2.45) is 0 Å². The summed E-state index contributed by atoms with van der Waals surface area (Å²) in [6, 6.07) is 9.94. The van der Waals surface area contributed by atoms with E-state index in [2.05, 4.69) is 27.8 Å². The van der Waals surface area contributed by atoms with Crippen LogP contribution >= 0.6 is 27.3 Å². The minimum atomic E-state index is -0.716. The van der Waals surface area contributed by atoms with Crippen LogP contribution in [0.3, 0.4) is 0 Å². The molecule has 0 radical (unpaired) electrons. The van der Waals surface area contributed by atoms with Gasteiger partial charge >= 0.3 is 0 Å². The van der Waals surface area contributed by atoms with Crippen molar-refractivity contribution in [3.63, 3.8) is 0 Å². The van der Waals surface area contributed by atoms with Crippen molar-refractivity contribution in [3.8, 4) is 11.5 Å². The molecular weight excluding hydrogens is 532 g/mol. The predicted molar refractivity (Wildman–Crippen MR) is 139 cm³/mol. The Morgan fingerprint density at radius 1 is 1.14 bits per heavy atom. The van der Waals surface area contributed by atoms with Gasteiger partial charge in [0, 0.05) is 16.0 Å². The molecule has 0 spiro atoms. The molecule has 9 heteroatoms. The first-order chi connectivity index (χ1) is 17.0. The van der Waals surface area contributed by atoms with E-state index >= 15 is 0 Å². The van der Waals surface area contributed by atoms with Gasteiger partial charge in [0.1, 0.15) is 5.58 Å². The Morgan fingerprint density at radius 2 is 2.00 bits per heavy atom. The number of unbranched alkanes of at least 4 members (excludes halogenated alkanes) is 2. The highest BCUT2D eigenvalue weighted by Gasteiger charge is 2.45. The summed E-state index contributed by atoms with van der Waals surface area (Å²) in [6.45, 7) is 2.73. The molecule has 2 aromatic carbocycles. The number of carbonyl (C=O) groups is 1. The maximum atomic E-state index is 13.7. The number of aromatic nitrogens is 1. The molecule has 0 bridgehead atoms. The number of methoxy groups -OCH3 is 1. The van der Waals surface area contributed by atoms with E-state index in [-0.39, 0.29) is 16.8 Å². The predicted octanol–water partition coefficient (Wildman–Crippen LogP) is 6.34. The number of nitrogens with zero attached hydrogens (tertiary/aromatic N) is 2. The molecule has 0 saturated heterocycles. The number of carbonyl (C=O) groups excluding carboxylic acids is 1. The van der Waals surface area contributed by atoms with E-state index in [1.54, 1.807) is 36.9 Å². The first kappa shape index (κ1) is 23.6. The van der Waals surface area contributed by atoms with Gasteiger partial charge in [-0.05, 0) is 42.3 Å². The van der Waals surface area contributed by atoms with E-state index in [1.807, 2.05) is 18.2 Å². The lowest BCUT2D eigenvalue weighted by Crippen LogP contribution is -2.29. The summed E-state index contributed by atoms with van der Waals surface area (Å²) in [6.07, 6.45) is 4.77. The summed E-state index contributed by atoms with van der Waals surface area (Å²) in [4.78, 5) is 33.1. The average molecular weight is 555 g/mol. The van der Waals surface area contributed by atoms with Crippen molar-refractivity contribution in [2.45, 2.75) is 32.2 Å². The lowest BCUT2D eigenvalue weighted by molar-refractivity contribution is 0.0971. The minimum Gasteiger partial charge on any atom is -0.493 e. The summed E-state index contributed by atoms with van der Waals surface area (Å²) in [5.74, 6) is 0.781. The van der Waals surface area contributed by atoms with E-state index in [4.69, 9.17) is 13.9 Å². The standard InChI is InChI=1S/C26H23BrN2O5S/c1-3-4-5-11-33-19-8-6-15(13-20(19)32-2)22-21-23(30)17-14-16(27)7-9-18(17)34-24(21)25(31)29(22)26-28-10-12-35-26/h6-10,12-14,22H,3-5,11H2,1-2H3. The average Bonchev–Trinajstić information content (AvgIpc) is 3.49. The Hall–Kier alpha value is -3.17. The maximum absolute atomic E-state index is 13.7. The van der Waals surface area contributed by atoms with E-state index in [0.29, 0.717) is 39.8 Å². The van der Waals surface area contributed by atoms with Crippen LogP contribution in [0.1, 0.15) is 53.9 Å². The molecule has 0 saturated carbocycles. The first-order valence-corrected chi connectivity index (χ1v) is 13.0. The molecule has 35 heavy (non-hydrogen) atoms. The smallest absolute Gasteiger partial charge is 0.297 e. The molecule has 0 aliphatic carbocycles. The van der Waals surface area contributed by atoms with Gasteiger partial charge in [-0.1, -0.05) is 41.8 Å². The zero-order chi connectivity index (χ0) is 24.5. The zero-order valence-electron chi connectivity index (χ0n) is 19.2. The highest BCUT2D eigenvalue weighted by atomic mass is 79.9. The number of ether oxygens (including phenoxy) is 2. The van der Waals surface area contributed by atoms with Gasteiger partial charge in [-0.2, -0.15) is 0 Å². The van der Waals surface area contributed by atoms with Gasteiger partial charge in [0.25, 0.3) is 5.91 Å². The fourth-order valence-corrected chi connectivity index (χ4v) is 5.33. The van der Waals surface area contributed by atoms with Crippen LogP contribution in [-0.4, -0.2) is 24.6 Å². The van der Waals surface area contributed by atoms with Crippen LogP contribution < -0.4 is 19.8 Å². The maximum Gasteiger partial charge on any atom is 0.297 e. The summed E-state index contributed by atoms with van der Waals surface area (Å²) >= 11 is 4.74. The largest absolute Gasteiger partial charge is 0.493 e. The third-order valence-electron chi connectivity index (χ3n) is 5.97. The van der Waals surface area contributed by atoms with Crippen LogP contribution in [-0.2, 0) is 0 Å². The second kappa shape index (κ2) is 9.83. The van der Waals surface area contributed by atoms with Gasteiger partial charge in [-0.25, -0.2) is 4.98 Å². The molecule has 1 atom stereocenters. The Labute approximate surface area is 214 Å². The molecule has 1 unspecified atom stereocenters. The fraction of sp³-hybridized carbons (Fsp3) is 0.269. The van der Waals surface area contributed by atoms with Crippen LogP contribution in [0.5, 0.6) is 11.5 Å². The van der Waals surface area contributed by atoms with Gasteiger partial charge in [-0.15, -0.1) is 11.3 Å². The van der Waals surface area contributed by atoms with Crippen molar-refractivity contribution >= 4 is 49.3 Å². The van der Waals surface area contributed by atoms with Gasteiger partial charge in [0.2, 0.25) is 5.76 Å². The van der Waals surface area contributed by atoms with E-state index < -0.39 is 11.9 Å². The van der Waals surface area contributed by atoms with Crippen molar-refractivity contribution in [2.75, 3.05) is 18.6 Å². The van der Waals surface area contributed by atoms with E-state index in [0.717, 1.165) is 23.7 Å². The lowest BCUT2D eigenvalue weighted by Gasteiger charge is -2.23. The highest BCUT2D eigenvalue weighted by molar-refractivity contribution is 9.10. The number of thiazole rings is 1. The second-order valence-corrected chi connectivity index (χ2v) is 9.96. The number of benzene rings is 2. The molecule has 1 amide bonds. The molecule has 2 aromatic heterocycles. The zero-order valence-corrected chi connectivity index (χ0v) is 21.6. The van der Waals surface area contributed by atoms with Crippen LogP contribution in [0, 0.1) is 0 Å². The molecule has 4 aromatic rings. The van der Waals surface area contributed by atoms with Gasteiger partial charge in [-0.3, -0.25) is 14.5 Å². The quantitative estimate of drug-likeness (QED) is 0.236. The molecule has 0 N–H and O–H groups in total. The Morgan fingerprint density at radius 3 is 2.74 bits per heavy atom. The summed E-state index contributed by atoms with van der Waals surface area (Å²) < 4.78 is 18.3. The molecule has 3 heterocycles. The van der Waals surface area contributed by atoms with Gasteiger partial charge in [0.15, 0.2) is 22.1 Å². The van der Waals surface area contributed by atoms with Gasteiger partial charge in [0.05, 0.1) is 30.7 Å². The number of hydrogen-bond acceptors (Lipinski definition) is 7. The number of amides is 1. The molecule has 180 valence electrons. The summed E-state index contributed by atoms with van der Waals surface area (Å²) in [5, 5.41) is 2.67. The summed E-state index contributed by atoms with van der Waals surface area (Å²) in [5.41, 5.74) is 1.10. The number of hydrogen-bond donors (Lipinski definition) is 0. The number of halogens is 1. The number of rotatable bonds is 8. The van der Waals surface area contributed by atoms with Crippen LogP contribution in [0.4, 0.5) is 5.13 Å². The van der Waals surface area contributed by atoms with Crippen molar-refractivity contribution < 1.29 is 18.7 Å². The van der Waals surface area contributed by atoms with Gasteiger partial charge < -0.3 is 13.9 Å². The molecule has 7 nitrogen and oxygen atoms in total.